The maximum absolute atomic E-state index is 6.42. The Bertz CT molecular complexity index is 2490. The van der Waals surface area contributed by atoms with Gasteiger partial charge in [-0.05, 0) is 89.2 Å². The minimum Gasteiger partial charge on any atom is -0.456 e. The molecule has 0 saturated heterocycles. The topological polar surface area (TPSA) is 50.6 Å². The van der Waals surface area contributed by atoms with E-state index in [4.69, 9.17) is 13.9 Å². The van der Waals surface area contributed by atoms with Gasteiger partial charge in [0, 0.05) is 57.1 Å². The number of aromatic nitrogens is 2. The number of hydrogen-bond acceptors (Lipinski definition) is 5. The minimum atomic E-state index is 0.410. The highest BCUT2D eigenvalue weighted by atomic mass is 16.3. The van der Waals surface area contributed by atoms with Gasteiger partial charge in [-0.1, -0.05) is 64.1 Å². The second-order valence-corrected chi connectivity index (χ2v) is 13.4. The second-order valence-electron chi connectivity index (χ2n) is 13.4. The number of furan rings is 2. The Hall–Kier alpha value is -5.75. The van der Waals surface area contributed by atoms with E-state index >= 15 is 0 Å². The molecule has 0 atom stereocenters. The lowest BCUT2D eigenvalue weighted by molar-refractivity contribution is 0.662. The van der Waals surface area contributed by atoms with E-state index in [0.29, 0.717) is 11.8 Å². The molecule has 6 nitrogen and oxygen atoms in total. The lowest BCUT2D eigenvalue weighted by Crippen LogP contribution is -2.24. The van der Waals surface area contributed by atoms with Gasteiger partial charge in [-0.3, -0.25) is 0 Å². The number of benzene rings is 5. The van der Waals surface area contributed by atoms with Gasteiger partial charge in [-0.15, -0.1) is 0 Å². The molecule has 6 heteroatoms. The first kappa shape index (κ1) is 28.5. The number of para-hydroxylation sites is 1. The first-order chi connectivity index (χ1) is 23.4. The number of anilines is 2. The predicted octanol–water partition coefficient (Wildman–Crippen LogP) is 11.3. The SMILES string of the molecule is CC(C)c1cccc(C(C)C)c1-c1cnn(-c2ccc3oc4ccc5oc6ccc(N7C=CN(c8ccccc8)C7)cc6c5c4c3c2)c1. The molecule has 0 fully saturated rings. The van der Waals surface area contributed by atoms with Crippen LogP contribution >= 0.6 is 0 Å². The summed E-state index contributed by atoms with van der Waals surface area (Å²) in [5, 5.41) is 9.11. The van der Waals surface area contributed by atoms with Crippen LogP contribution in [0.15, 0.2) is 131 Å². The summed E-state index contributed by atoms with van der Waals surface area (Å²) in [6.45, 7) is 9.78. The summed E-state index contributed by atoms with van der Waals surface area (Å²) in [5.41, 5.74) is 11.8. The summed E-state index contributed by atoms with van der Waals surface area (Å²) in [5.74, 6) is 0.820. The predicted molar refractivity (Wildman–Crippen MR) is 197 cm³/mol. The number of rotatable bonds is 6. The lowest BCUT2D eigenvalue weighted by Gasteiger charge is -2.21. The second kappa shape index (κ2) is 10.9. The quantitative estimate of drug-likeness (QED) is 0.183. The molecular formula is C42H36N4O2. The van der Waals surface area contributed by atoms with Gasteiger partial charge in [-0.2, -0.15) is 5.10 Å². The van der Waals surface area contributed by atoms with E-state index < -0.39 is 0 Å². The molecule has 0 radical (unpaired) electrons. The van der Waals surface area contributed by atoms with Crippen molar-refractivity contribution in [1.82, 2.24) is 9.78 Å². The van der Waals surface area contributed by atoms with Gasteiger partial charge in [0.2, 0.25) is 0 Å². The molecule has 1 aliphatic heterocycles. The molecule has 9 rings (SSSR count). The van der Waals surface area contributed by atoms with Crippen molar-refractivity contribution < 1.29 is 8.83 Å². The molecule has 4 heterocycles. The van der Waals surface area contributed by atoms with Crippen molar-refractivity contribution in [2.24, 2.45) is 0 Å². The first-order valence-electron chi connectivity index (χ1n) is 16.7. The highest BCUT2D eigenvalue weighted by molar-refractivity contribution is 6.26. The average molecular weight is 629 g/mol. The summed E-state index contributed by atoms with van der Waals surface area (Å²) >= 11 is 0. The zero-order valence-electron chi connectivity index (χ0n) is 27.5. The van der Waals surface area contributed by atoms with E-state index in [1.807, 2.05) is 29.1 Å². The third-order valence-corrected chi connectivity index (χ3v) is 9.69. The van der Waals surface area contributed by atoms with Gasteiger partial charge >= 0.3 is 0 Å². The third-order valence-electron chi connectivity index (χ3n) is 9.69. The van der Waals surface area contributed by atoms with Crippen LogP contribution in [0.2, 0.25) is 0 Å². The van der Waals surface area contributed by atoms with Crippen molar-refractivity contribution in [2.45, 2.75) is 39.5 Å². The van der Waals surface area contributed by atoms with Crippen LogP contribution in [-0.4, -0.2) is 16.4 Å². The van der Waals surface area contributed by atoms with Crippen LogP contribution in [0, 0.1) is 0 Å². The monoisotopic (exact) mass is 628 g/mol. The number of fused-ring (bicyclic) bond motifs is 7. The standard InChI is InChI=1S/C42H36N4O2/c1-26(2)32-11-8-12-33(27(3)4)40(32)28-23-43-46(24-28)31-14-16-37-35(22-31)42-39(48-37)18-17-38-41(42)34-21-30(13-15-36(34)47-38)45-20-19-44(25-45)29-9-6-5-7-10-29/h5-24,26-27H,25H2,1-4H3. The Morgan fingerprint density at radius 2 is 1.15 bits per heavy atom. The fraction of sp³-hybridized carbons (Fsp3) is 0.167. The largest absolute Gasteiger partial charge is 0.456 e. The van der Waals surface area contributed by atoms with Gasteiger partial charge < -0.3 is 18.6 Å². The molecule has 5 aromatic carbocycles. The van der Waals surface area contributed by atoms with Gasteiger partial charge in [0.15, 0.2) is 0 Å². The van der Waals surface area contributed by atoms with E-state index in [1.54, 1.807) is 0 Å². The Morgan fingerprint density at radius 1 is 0.583 bits per heavy atom. The fourth-order valence-corrected chi connectivity index (χ4v) is 7.28. The number of nitrogens with zero attached hydrogens (tertiary/aromatic N) is 4. The Labute approximate surface area is 279 Å². The molecule has 0 N–H and O–H groups in total. The van der Waals surface area contributed by atoms with Crippen molar-refractivity contribution in [3.63, 3.8) is 0 Å². The van der Waals surface area contributed by atoms with Crippen molar-refractivity contribution in [3.8, 4) is 16.8 Å². The van der Waals surface area contributed by atoms with E-state index in [2.05, 4.69) is 135 Å². The van der Waals surface area contributed by atoms with E-state index in [1.165, 1.54) is 22.4 Å². The average Bonchev–Trinajstić information content (AvgIpc) is 3.92. The minimum absolute atomic E-state index is 0.410. The van der Waals surface area contributed by atoms with Crippen LogP contribution in [0.4, 0.5) is 11.4 Å². The van der Waals surface area contributed by atoms with Crippen molar-refractivity contribution >= 4 is 55.3 Å². The molecule has 1 aliphatic rings. The summed E-state index contributed by atoms with van der Waals surface area (Å²) in [7, 11) is 0. The van der Waals surface area contributed by atoms with Gasteiger partial charge in [-0.25, -0.2) is 4.68 Å². The van der Waals surface area contributed by atoms with Gasteiger partial charge in [0.25, 0.3) is 0 Å². The molecule has 3 aromatic heterocycles. The third kappa shape index (κ3) is 4.51. The van der Waals surface area contributed by atoms with E-state index in [-0.39, 0.29) is 0 Å². The molecular weight excluding hydrogens is 592 g/mol. The summed E-state index contributed by atoms with van der Waals surface area (Å²) in [4.78, 5) is 4.50. The lowest BCUT2D eigenvalue weighted by atomic mass is 9.86. The normalized spacial score (nSPS) is 13.5. The zero-order chi connectivity index (χ0) is 32.5. The molecule has 0 unspecified atom stereocenters. The Balaban J connectivity index is 1.15. The summed E-state index contributed by atoms with van der Waals surface area (Å²) in [6, 6.07) is 33.9. The first-order valence-corrected chi connectivity index (χ1v) is 16.7. The highest BCUT2D eigenvalue weighted by Crippen LogP contribution is 2.42. The molecule has 0 aliphatic carbocycles. The van der Waals surface area contributed by atoms with Crippen LogP contribution in [0.25, 0.3) is 60.7 Å². The molecule has 48 heavy (non-hydrogen) atoms. The van der Waals surface area contributed by atoms with Crippen LogP contribution in [0.3, 0.4) is 0 Å². The Kier molecular flexibility index (Phi) is 6.47. The van der Waals surface area contributed by atoms with E-state index in [9.17, 15) is 0 Å². The molecule has 8 aromatic rings. The smallest absolute Gasteiger partial charge is 0.136 e. The molecule has 236 valence electrons. The van der Waals surface area contributed by atoms with Gasteiger partial charge in [0.05, 0.1) is 18.6 Å². The molecule has 0 bridgehead atoms. The summed E-state index contributed by atoms with van der Waals surface area (Å²) in [6.07, 6.45) is 8.42. The van der Waals surface area contributed by atoms with Crippen LogP contribution < -0.4 is 9.80 Å². The van der Waals surface area contributed by atoms with Gasteiger partial charge in [0.1, 0.15) is 22.3 Å². The Morgan fingerprint density at radius 3 is 1.77 bits per heavy atom. The van der Waals surface area contributed by atoms with Crippen LogP contribution in [-0.2, 0) is 0 Å². The zero-order valence-corrected chi connectivity index (χ0v) is 27.5. The van der Waals surface area contributed by atoms with Crippen molar-refractivity contribution in [1.29, 1.82) is 0 Å². The summed E-state index contributed by atoms with van der Waals surface area (Å²) < 4.78 is 14.8. The molecule has 0 spiro atoms. The highest BCUT2D eigenvalue weighted by Gasteiger charge is 2.21. The van der Waals surface area contributed by atoms with E-state index in [0.717, 1.165) is 67.5 Å². The molecule has 0 saturated carbocycles. The van der Waals surface area contributed by atoms with Crippen LogP contribution in [0.1, 0.15) is 50.7 Å². The number of hydrogen-bond donors (Lipinski definition) is 0. The maximum Gasteiger partial charge on any atom is 0.136 e. The van der Waals surface area contributed by atoms with Crippen LogP contribution in [0.5, 0.6) is 0 Å². The molecule has 0 amide bonds. The fourth-order valence-electron chi connectivity index (χ4n) is 7.28. The van der Waals surface area contributed by atoms with Crippen molar-refractivity contribution in [2.75, 3.05) is 16.5 Å². The maximum atomic E-state index is 6.42. The van der Waals surface area contributed by atoms with Crippen molar-refractivity contribution in [3.05, 3.63) is 133 Å².